The Hall–Kier alpha value is -0.610. The van der Waals surface area contributed by atoms with Gasteiger partial charge in [0.2, 0.25) is 5.91 Å². The number of carbonyl (C=O) groups excluding carboxylic acids is 1. The Labute approximate surface area is 110 Å². The fourth-order valence-electron chi connectivity index (χ4n) is 3.35. The highest BCUT2D eigenvalue weighted by molar-refractivity contribution is 5.83. The van der Waals surface area contributed by atoms with E-state index in [2.05, 4.69) is 12.2 Å². The quantitative estimate of drug-likeness (QED) is 0.777. The van der Waals surface area contributed by atoms with Crippen molar-refractivity contribution in [3.8, 4) is 0 Å². The third-order valence-electron chi connectivity index (χ3n) is 4.65. The van der Waals surface area contributed by atoms with E-state index in [9.17, 15) is 9.90 Å². The van der Waals surface area contributed by atoms with Crippen LogP contribution in [0, 0.1) is 5.41 Å². The van der Waals surface area contributed by atoms with E-state index in [1.54, 1.807) is 0 Å². The van der Waals surface area contributed by atoms with Crippen LogP contribution in [0.15, 0.2) is 0 Å². The molecule has 18 heavy (non-hydrogen) atoms. The van der Waals surface area contributed by atoms with Gasteiger partial charge in [0, 0.05) is 13.1 Å². The average molecular weight is 254 g/mol. The lowest BCUT2D eigenvalue weighted by atomic mass is 9.75. The van der Waals surface area contributed by atoms with E-state index in [1.165, 1.54) is 0 Å². The Morgan fingerprint density at radius 3 is 2.56 bits per heavy atom. The van der Waals surface area contributed by atoms with Crippen molar-refractivity contribution in [2.45, 2.75) is 51.6 Å². The molecule has 1 unspecified atom stereocenters. The molecule has 0 saturated carbocycles. The Bertz CT molecular complexity index is 309. The van der Waals surface area contributed by atoms with Crippen molar-refractivity contribution in [2.75, 3.05) is 26.2 Å². The third kappa shape index (κ3) is 2.69. The molecule has 2 heterocycles. The topological polar surface area (TPSA) is 52.6 Å². The summed E-state index contributed by atoms with van der Waals surface area (Å²) in [4.78, 5) is 14.7. The van der Waals surface area contributed by atoms with Crippen LogP contribution in [0.25, 0.3) is 0 Å². The Morgan fingerprint density at radius 1 is 1.33 bits per heavy atom. The zero-order chi connectivity index (χ0) is 13.2. The first-order valence-corrected chi connectivity index (χ1v) is 7.22. The van der Waals surface area contributed by atoms with Gasteiger partial charge in [0.15, 0.2) is 0 Å². The van der Waals surface area contributed by atoms with Crippen molar-refractivity contribution < 1.29 is 9.90 Å². The highest BCUT2D eigenvalue weighted by atomic mass is 16.3. The monoisotopic (exact) mass is 254 g/mol. The van der Waals surface area contributed by atoms with Gasteiger partial charge < -0.3 is 15.3 Å². The molecule has 2 N–H and O–H groups in total. The summed E-state index contributed by atoms with van der Waals surface area (Å²) in [6.45, 7) is 7.14. The summed E-state index contributed by atoms with van der Waals surface area (Å²) in [6.07, 6.45) is 4.49. The number of amides is 1. The molecule has 2 aliphatic heterocycles. The second kappa shape index (κ2) is 5.17. The number of carbonyl (C=O) groups is 1. The lowest BCUT2D eigenvalue weighted by Gasteiger charge is -2.44. The Balaban J connectivity index is 2.09. The molecule has 0 spiro atoms. The summed E-state index contributed by atoms with van der Waals surface area (Å²) < 4.78 is 0. The smallest absolute Gasteiger partial charge is 0.228 e. The van der Waals surface area contributed by atoms with Gasteiger partial charge in [0.25, 0.3) is 0 Å². The first-order chi connectivity index (χ1) is 8.49. The summed E-state index contributed by atoms with van der Waals surface area (Å²) in [6, 6.07) is 0. The number of nitrogens with zero attached hydrogens (tertiary/aromatic N) is 1. The number of likely N-dealkylation sites (tertiary alicyclic amines) is 1. The van der Waals surface area contributed by atoms with Crippen molar-refractivity contribution >= 4 is 5.91 Å². The minimum atomic E-state index is -0.699. The van der Waals surface area contributed by atoms with Gasteiger partial charge >= 0.3 is 0 Å². The van der Waals surface area contributed by atoms with E-state index >= 15 is 0 Å². The largest absolute Gasteiger partial charge is 0.388 e. The minimum Gasteiger partial charge on any atom is -0.388 e. The summed E-state index contributed by atoms with van der Waals surface area (Å²) >= 11 is 0. The van der Waals surface area contributed by atoms with Crippen LogP contribution in [-0.2, 0) is 4.79 Å². The molecule has 2 saturated heterocycles. The van der Waals surface area contributed by atoms with Gasteiger partial charge in [-0.05, 0) is 52.1 Å². The van der Waals surface area contributed by atoms with E-state index < -0.39 is 5.60 Å². The second-order valence-corrected chi connectivity index (χ2v) is 6.21. The van der Waals surface area contributed by atoms with E-state index in [0.717, 1.165) is 51.7 Å². The van der Waals surface area contributed by atoms with Crippen LogP contribution in [-0.4, -0.2) is 47.7 Å². The van der Waals surface area contributed by atoms with Crippen molar-refractivity contribution in [1.29, 1.82) is 0 Å². The van der Waals surface area contributed by atoms with Gasteiger partial charge in [-0.25, -0.2) is 0 Å². The predicted molar refractivity (Wildman–Crippen MR) is 71.3 cm³/mol. The maximum atomic E-state index is 12.8. The van der Waals surface area contributed by atoms with Gasteiger partial charge in [-0.15, -0.1) is 0 Å². The van der Waals surface area contributed by atoms with Gasteiger partial charge in [-0.3, -0.25) is 4.79 Å². The molecule has 0 aromatic heterocycles. The highest BCUT2D eigenvalue weighted by Crippen LogP contribution is 2.36. The highest BCUT2D eigenvalue weighted by Gasteiger charge is 2.42. The van der Waals surface area contributed by atoms with Gasteiger partial charge in [-0.1, -0.05) is 6.92 Å². The van der Waals surface area contributed by atoms with Crippen molar-refractivity contribution in [2.24, 2.45) is 5.41 Å². The minimum absolute atomic E-state index is 0.182. The molecular formula is C14H26N2O2. The average Bonchev–Trinajstić information content (AvgIpc) is 2.37. The number of hydrogen-bond acceptors (Lipinski definition) is 3. The standard InChI is InChI=1S/C14H26N2O2/c1-3-14(6-8-15-9-7-14)12(17)16-10-4-5-13(2,18)11-16/h15,18H,3-11H2,1-2H3. The van der Waals surface area contributed by atoms with Crippen molar-refractivity contribution in [3.05, 3.63) is 0 Å². The number of rotatable bonds is 2. The molecular weight excluding hydrogens is 228 g/mol. The number of β-amino-alcohol motifs (C(OH)–C–C–N with tert-alkyl or cyclic N) is 1. The van der Waals surface area contributed by atoms with E-state index in [1.807, 2.05) is 11.8 Å². The van der Waals surface area contributed by atoms with Crippen LogP contribution in [0.5, 0.6) is 0 Å². The zero-order valence-corrected chi connectivity index (χ0v) is 11.7. The van der Waals surface area contributed by atoms with Crippen LogP contribution in [0.4, 0.5) is 0 Å². The third-order valence-corrected chi connectivity index (χ3v) is 4.65. The summed E-state index contributed by atoms with van der Waals surface area (Å²) in [5.74, 6) is 0.270. The van der Waals surface area contributed by atoms with Gasteiger partial charge in [-0.2, -0.15) is 0 Å². The van der Waals surface area contributed by atoms with E-state index in [4.69, 9.17) is 0 Å². The van der Waals surface area contributed by atoms with E-state index in [-0.39, 0.29) is 11.3 Å². The maximum absolute atomic E-state index is 12.8. The molecule has 0 bridgehead atoms. The molecule has 2 fully saturated rings. The lowest BCUT2D eigenvalue weighted by Crippen LogP contribution is -2.55. The molecule has 1 atom stereocenters. The van der Waals surface area contributed by atoms with Crippen LogP contribution >= 0.6 is 0 Å². The van der Waals surface area contributed by atoms with Gasteiger partial charge in [0.05, 0.1) is 11.0 Å². The zero-order valence-electron chi connectivity index (χ0n) is 11.7. The first kappa shape index (κ1) is 13.8. The molecule has 1 amide bonds. The number of aliphatic hydroxyl groups is 1. The van der Waals surface area contributed by atoms with Crippen LogP contribution < -0.4 is 5.32 Å². The number of nitrogens with one attached hydrogen (secondary N) is 1. The summed E-state index contributed by atoms with van der Waals surface area (Å²) in [7, 11) is 0. The van der Waals surface area contributed by atoms with Crippen LogP contribution in [0.2, 0.25) is 0 Å². The predicted octanol–water partition coefficient (Wildman–Crippen LogP) is 1.14. The molecule has 2 rings (SSSR count). The normalized spacial score (nSPS) is 32.3. The number of piperidine rings is 2. The number of hydrogen-bond donors (Lipinski definition) is 2. The molecule has 0 aliphatic carbocycles. The molecule has 4 nitrogen and oxygen atoms in total. The summed E-state index contributed by atoms with van der Waals surface area (Å²) in [5, 5.41) is 13.5. The lowest BCUT2D eigenvalue weighted by molar-refractivity contribution is -0.150. The first-order valence-electron chi connectivity index (χ1n) is 7.22. The van der Waals surface area contributed by atoms with Crippen LogP contribution in [0.1, 0.15) is 46.0 Å². The Morgan fingerprint density at radius 2 is 2.00 bits per heavy atom. The van der Waals surface area contributed by atoms with Gasteiger partial charge in [0.1, 0.15) is 0 Å². The fraction of sp³-hybridized carbons (Fsp3) is 0.929. The van der Waals surface area contributed by atoms with Crippen molar-refractivity contribution in [1.82, 2.24) is 10.2 Å². The molecule has 2 aliphatic rings. The van der Waals surface area contributed by atoms with E-state index in [0.29, 0.717) is 6.54 Å². The van der Waals surface area contributed by atoms with Crippen LogP contribution in [0.3, 0.4) is 0 Å². The second-order valence-electron chi connectivity index (χ2n) is 6.21. The molecule has 0 aromatic carbocycles. The van der Waals surface area contributed by atoms with Crippen molar-refractivity contribution in [3.63, 3.8) is 0 Å². The SMILES string of the molecule is CCC1(C(=O)N2CCCC(C)(O)C2)CCNCC1. The Kier molecular flexibility index (Phi) is 3.97. The fourth-order valence-corrected chi connectivity index (χ4v) is 3.35. The molecule has 104 valence electrons. The molecule has 4 heteroatoms. The molecule has 0 aromatic rings. The summed E-state index contributed by atoms with van der Waals surface area (Å²) in [5.41, 5.74) is -0.881. The maximum Gasteiger partial charge on any atom is 0.228 e. The molecule has 0 radical (unpaired) electrons.